The van der Waals surface area contributed by atoms with Gasteiger partial charge in [-0.25, -0.2) is 0 Å². The molecule has 0 saturated heterocycles. The van der Waals surface area contributed by atoms with Gasteiger partial charge in [-0.3, -0.25) is 0 Å². The topological polar surface area (TPSA) is 0 Å². The largest absolute Gasteiger partial charge is 0.0622 e. The minimum atomic E-state index is 1.05. The molecule has 2 rings (SSSR count). The number of hydrogen-bond donors (Lipinski definition) is 0. The van der Waals surface area contributed by atoms with Crippen molar-refractivity contribution in [2.75, 3.05) is 0 Å². The van der Waals surface area contributed by atoms with Crippen molar-refractivity contribution in [3.8, 4) is 0 Å². The van der Waals surface area contributed by atoms with Gasteiger partial charge in [0.25, 0.3) is 0 Å². The zero-order chi connectivity index (χ0) is 11.2. The first-order chi connectivity index (χ1) is 7.84. The van der Waals surface area contributed by atoms with E-state index in [4.69, 9.17) is 0 Å². The van der Waals surface area contributed by atoms with Crippen LogP contribution in [0.3, 0.4) is 0 Å². The minimum absolute atomic E-state index is 1.05. The molecule has 0 heterocycles. The Bertz CT molecular complexity index is 412. The Hall–Kier alpha value is -1.56. The zero-order valence-electron chi connectivity index (χ0n) is 9.69. The highest BCUT2D eigenvalue weighted by Gasteiger charge is 1.95. The van der Waals surface area contributed by atoms with Crippen molar-refractivity contribution in [1.29, 1.82) is 0 Å². The van der Waals surface area contributed by atoms with Gasteiger partial charge in [0.1, 0.15) is 0 Å². The van der Waals surface area contributed by atoms with E-state index in [-0.39, 0.29) is 0 Å². The lowest BCUT2D eigenvalue weighted by Crippen LogP contribution is -1.90. The maximum atomic E-state index is 2.33. The van der Waals surface area contributed by atoms with Crippen molar-refractivity contribution in [3.63, 3.8) is 0 Å². The van der Waals surface area contributed by atoms with Crippen LogP contribution in [0.1, 0.15) is 16.7 Å². The van der Waals surface area contributed by atoms with Gasteiger partial charge in [0.15, 0.2) is 0 Å². The van der Waals surface area contributed by atoms with E-state index >= 15 is 0 Å². The molecule has 0 fully saturated rings. The average Bonchev–Trinajstić information content (AvgIpc) is 2.33. The molecule has 0 amide bonds. The first-order valence-electron chi connectivity index (χ1n) is 5.76. The molecule has 2 aromatic carbocycles. The summed E-state index contributed by atoms with van der Waals surface area (Å²) in [6, 6.07) is 19.3. The van der Waals surface area contributed by atoms with E-state index in [2.05, 4.69) is 67.9 Å². The molecule has 0 aliphatic heterocycles. The molecule has 0 atom stereocenters. The summed E-state index contributed by atoms with van der Waals surface area (Å²) < 4.78 is 0. The Labute approximate surface area is 97.9 Å². The lowest BCUT2D eigenvalue weighted by molar-refractivity contribution is 1.03. The zero-order valence-corrected chi connectivity index (χ0v) is 9.69. The maximum Gasteiger partial charge on any atom is -0.0244 e. The third kappa shape index (κ3) is 3.23. The molecule has 0 unspecified atom stereocenters. The number of hydrogen-bond acceptors (Lipinski definition) is 0. The highest BCUT2D eigenvalue weighted by Crippen LogP contribution is 2.08. The van der Waals surface area contributed by atoms with E-state index in [0.717, 1.165) is 12.8 Å². The van der Waals surface area contributed by atoms with Crippen molar-refractivity contribution in [2.24, 2.45) is 0 Å². The Morgan fingerprint density at radius 2 is 1.31 bits per heavy atom. The van der Waals surface area contributed by atoms with Crippen LogP contribution in [-0.2, 0) is 12.8 Å². The fourth-order valence-corrected chi connectivity index (χ4v) is 1.74. The van der Waals surface area contributed by atoms with Crippen molar-refractivity contribution in [3.05, 3.63) is 77.7 Å². The molecule has 0 heteroatoms. The van der Waals surface area contributed by atoms with Gasteiger partial charge in [0.05, 0.1) is 0 Å². The quantitative estimate of drug-likeness (QED) is 0.714. The van der Waals surface area contributed by atoms with Gasteiger partial charge in [0, 0.05) is 0 Å². The average molecular weight is 209 g/mol. The van der Waals surface area contributed by atoms with Gasteiger partial charge < -0.3 is 0 Å². The van der Waals surface area contributed by atoms with Crippen LogP contribution >= 0.6 is 0 Å². The van der Waals surface area contributed by atoms with E-state index in [1.165, 1.54) is 16.7 Å². The molecule has 2 aromatic rings. The molecule has 16 heavy (non-hydrogen) atoms. The first kappa shape index (κ1) is 10.9. The van der Waals surface area contributed by atoms with Crippen LogP contribution in [0.5, 0.6) is 0 Å². The minimum Gasteiger partial charge on any atom is -0.0622 e. The molecule has 0 N–H and O–H groups in total. The third-order valence-electron chi connectivity index (χ3n) is 2.72. The van der Waals surface area contributed by atoms with E-state index in [0.29, 0.717) is 0 Å². The monoisotopic (exact) mass is 209 g/mol. The predicted octanol–water partition coefficient (Wildman–Crippen LogP) is 3.98. The maximum absolute atomic E-state index is 2.33. The fourth-order valence-electron chi connectivity index (χ4n) is 1.74. The van der Waals surface area contributed by atoms with Gasteiger partial charge in [-0.1, -0.05) is 60.2 Å². The van der Waals surface area contributed by atoms with Crippen LogP contribution in [0.2, 0.25) is 0 Å². The van der Waals surface area contributed by atoms with Crippen LogP contribution in [-0.4, -0.2) is 0 Å². The fraction of sp³-hybridized carbons (Fsp3) is 0.188. The number of benzene rings is 2. The van der Waals surface area contributed by atoms with Crippen LogP contribution in [0.15, 0.2) is 54.6 Å². The molecule has 0 saturated carbocycles. The van der Waals surface area contributed by atoms with Crippen molar-refractivity contribution >= 4 is 0 Å². The summed E-state index contributed by atoms with van der Waals surface area (Å²) in [4.78, 5) is 0. The molecule has 1 radical (unpaired) electrons. The summed E-state index contributed by atoms with van der Waals surface area (Å²) in [6.07, 6.45) is 4.43. The molecular formula is C16H17. The number of aryl methyl sites for hydroxylation is 1. The van der Waals surface area contributed by atoms with E-state index in [1.807, 2.05) is 0 Å². The predicted molar refractivity (Wildman–Crippen MR) is 69.3 cm³/mol. The van der Waals surface area contributed by atoms with Crippen molar-refractivity contribution in [1.82, 2.24) is 0 Å². The first-order valence-corrected chi connectivity index (χ1v) is 5.76. The third-order valence-corrected chi connectivity index (χ3v) is 2.72. The molecule has 0 nitrogen and oxygen atoms in total. The standard InChI is InChI=1S/C16H17/c1-14-10-12-16(13-11-14)9-5-8-15-6-3-2-4-7-15/h2-7,10-13H,8-9H2,1H3. The molecule has 0 spiro atoms. The normalized spacial score (nSPS) is 10.3. The molecular weight excluding hydrogens is 192 g/mol. The van der Waals surface area contributed by atoms with E-state index < -0.39 is 0 Å². The molecule has 0 bridgehead atoms. The summed E-state index contributed by atoms with van der Waals surface area (Å²) in [5.41, 5.74) is 4.10. The van der Waals surface area contributed by atoms with E-state index in [9.17, 15) is 0 Å². The molecule has 0 aliphatic carbocycles. The van der Waals surface area contributed by atoms with Crippen LogP contribution in [0.25, 0.3) is 0 Å². The highest BCUT2D eigenvalue weighted by atomic mass is 14.0. The lowest BCUT2D eigenvalue weighted by Gasteiger charge is -2.02. The van der Waals surface area contributed by atoms with Crippen LogP contribution in [0.4, 0.5) is 0 Å². The van der Waals surface area contributed by atoms with Crippen LogP contribution in [0, 0.1) is 13.3 Å². The SMILES string of the molecule is Cc1ccc(C[CH]Cc2ccccc2)cc1. The van der Waals surface area contributed by atoms with Crippen molar-refractivity contribution in [2.45, 2.75) is 19.8 Å². The van der Waals surface area contributed by atoms with Crippen molar-refractivity contribution < 1.29 is 0 Å². The molecule has 81 valence electrons. The van der Waals surface area contributed by atoms with Gasteiger partial charge in [-0.05, 0) is 37.3 Å². The lowest BCUT2D eigenvalue weighted by atomic mass is 10.0. The smallest absolute Gasteiger partial charge is 0.0244 e. The van der Waals surface area contributed by atoms with E-state index in [1.54, 1.807) is 0 Å². The summed E-state index contributed by atoms with van der Waals surface area (Å²) in [5.74, 6) is 0. The van der Waals surface area contributed by atoms with Gasteiger partial charge in [-0.15, -0.1) is 0 Å². The van der Waals surface area contributed by atoms with Gasteiger partial charge in [-0.2, -0.15) is 0 Å². The summed E-state index contributed by atoms with van der Waals surface area (Å²) in [5, 5.41) is 0. The summed E-state index contributed by atoms with van der Waals surface area (Å²) in [6.45, 7) is 2.12. The highest BCUT2D eigenvalue weighted by molar-refractivity contribution is 5.23. The summed E-state index contributed by atoms with van der Waals surface area (Å²) in [7, 11) is 0. The second-order valence-electron chi connectivity index (χ2n) is 4.17. The summed E-state index contributed by atoms with van der Waals surface area (Å²) >= 11 is 0. The number of rotatable bonds is 4. The Balaban J connectivity index is 1.82. The Kier molecular flexibility index (Phi) is 3.76. The Morgan fingerprint density at radius 1 is 0.750 bits per heavy atom. The van der Waals surface area contributed by atoms with Gasteiger partial charge in [0.2, 0.25) is 0 Å². The van der Waals surface area contributed by atoms with Gasteiger partial charge >= 0.3 is 0 Å². The van der Waals surface area contributed by atoms with Crippen LogP contribution < -0.4 is 0 Å². The molecule has 0 aromatic heterocycles. The second kappa shape index (κ2) is 5.50. The second-order valence-corrected chi connectivity index (χ2v) is 4.17. The molecule has 0 aliphatic rings. The Morgan fingerprint density at radius 3 is 1.94 bits per heavy atom.